The topological polar surface area (TPSA) is 52.6 Å². The maximum Gasteiger partial charge on any atom is 0.305 e. The molecule has 4 nitrogen and oxygen atoms in total. The standard InChI is InChI=1S/C45H88O4/c1-5-8-10-12-14-16-18-20-22-25-31-37-43(46)48-41-35-29-24-27-33-39-45(4,7-3)40-34-28-30-36-42-49-44(47)38-32-26-23-21-19-17-15-13-11-9-6-2/h5-42H2,1-4H3. The van der Waals surface area contributed by atoms with Gasteiger partial charge in [-0.15, -0.1) is 0 Å². The summed E-state index contributed by atoms with van der Waals surface area (Å²) in [5, 5.41) is 0. The maximum atomic E-state index is 12.0. The van der Waals surface area contributed by atoms with E-state index in [1.807, 2.05) is 0 Å². The molecule has 0 aromatic carbocycles. The van der Waals surface area contributed by atoms with Crippen LogP contribution in [0.4, 0.5) is 0 Å². The van der Waals surface area contributed by atoms with Gasteiger partial charge in [0.25, 0.3) is 0 Å². The van der Waals surface area contributed by atoms with Crippen LogP contribution in [-0.4, -0.2) is 25.2 Å². The first-order valence-electron chi connectivity index (χ1n) is 22.3. The highest BCUT2D eigenvalue weighted by Crippen LogP contribution is 2.34. The Labute approximate surface area is 307 Å². The summed E-state index contributed by atoms with van der Waals surface area (Å²) >= 11 is 0. The van der Waals surface area contributed by atoms with Crippen LogP contribution in [0.5, 0.6) is 0 Å². The fourth-order valence-electron chi connectivity index (χ4n) is 7.05. The lowest BCUT2D eigenvalue weighted by atomic mass is 9.77. The van der Waals surface area contributed by atoms with Crippen LogP contribution in [0.2, 0.25) is 0 Å². The van der Waals surface area contributed by atoms with Crippen molar-refractivity contribution in [2.45, 2.75) is 259 Å². The highest BCUT2D eigenvalue weighted by atomic mass is 16.5. The third-order valence-electron chi connectivity index (χ3n) is 10.9. The number of carbonyl (C=O) groups excluding carboxylic acids is 2. The van der Waals surface area contributed by atoms with E-state index in [0.717, 1.165) is 44.9 Å². The number of ether oxygens (including phenoxy) is 2. The molecule has 0 aromatic rings. The molecule has 0 heterocycles. The predicted octanol–water partition coefficient (Wildman–Crippen LogP) is 15.2. The molecule has 0 spiro atoms. The van der Waals surface area contributed by atoms with Crippen LogP contribution in [0, 0.1) is 5.41 Å². The van der Waals surface area contributed by atoms with E-state index in [-0.39, 0.29) is 11.9 Å². The molecule has 4 heteroatoms. The summed E-state index contributed by atoms with van der Waals surface area (Å²) < 4.78 is 11.0. The summed E-state index contributed by atoms with van der Waals surface area (Å²) in [4.78, 5) is 24.1. The first-order chi connectivity index (χ1) is 24.0. The van der Waals surface area contributed by atoms with E-state index in [1.165, 1.54) is 173 Å². The fraction of sp³-hybridized carbons (Fsp3) is 0.956. The van der Waals surface area contributed by atoms with Gasteiger partial charge < -0.3 is 9.47 Å². The Morgan fingerprint density at radius 2 is 0.633 bits per heavy atom. The Kier molecular flexibility index (Phi) is 37.4. The summed E-state index contributed by atoms with van der Waals surface area (Å²) in [5.74, 6) is 0.00998. The molecule has 0 aliphatic heterocycles. The molecular formula is C45H88O4. The van der Waals surface area contributed by atoms with E-state index in [2.05, 4.69) is 27.7 Å². The van der Waals surface area contributed by atoms with Gasteiger partial charge in [0.2, 0.25) is 0 Å². The predicted molar refractivity (Wildman–Crippen MR) is 213 cm³/mol. The lowest BCUT2D eigenvalue weighted by Crippen LogP contribution is -2.15. The van der Waals surface area contributed by atoms with Gasteiger partial charge in [-0.05, 0) is 43.9 Å². The monoisotopic (exact) mass is 693 g/mol. The lowest BCUT2D eigenvalue weighted by molar-refractivity contribution is -0.144. The quantitative estimate of drug-likeness (QED) is 0.0474. The Hall–Kier alpha value is -1.06. The third-order valence-corrected chi connectivity index (χ3v) is 10.9. The van der Waals surface area contributed by atoms with Gasteiger partial charge in [-0.25, -0.2) is 0 Å². The van der Waals surface area contributed by atoms with Crippen LogP contribution >= 0.6 is 0 Å². The molecule has 0 aliphatic carbocycles. The van der Waals surface area contributed by atoms with Crippen LogP contribution < -0.4 is 0 Å². The van der Waals surface area contributed by atoms with E-state index in [1.54, 1.807) is 0 Å². The molecule has 0 radical (unpaired) electrons. The Balaban J connectivity index is 3.53. The molecule has 49 heavy (non-hydrogen) atoms. The molecule has 0 saturated heterocycles. The number of hydrogen-bond acceptors (Lipinski definition) is 4. The molecule has 0 N–H and O–H groups in total. The molecule has 0 fully saturated rings. The van der Waals surface area contributed by atoms with Crippen LogP contribution in [-0.2, 0) is 19.1 Å². The fourth-order valence-corrected chi connectivity index (χ4v) is 7.05. The first kappa shape index (κ1) is 47.9. The first-order valence-corrected chi connectivity index (χ1v) is 22.3. The maximum absolute atomic E-state index is 12.0. The largest absolute Gasteiger partial charge is 0.466 e. The summed E-state index contributed by atoms with van der Waals surface area (Å²) in [6, 6.07) is 0. The molecule has 1 unspecified atom stereocenters. The van der Waals surface area contributed by atoms with Gasteiger partial charge in [0.1, 0.15) is 0 Å². The zero-order chi connectivity index (χ0) is 35.9. The Morgan fingerprint density at radius 1 is 0.367 bits per heavy atom. The molecule has 0 saturated carbocycles. The van der Waals surface area contributed by atoms with Crippen molar-refractivity contribution in [1.82, 2.24) is 0 Å². The second-order valence-corrected chi connectivity index (χ2v) is 15.9. The van der Waals surface area contributed by atoms with Crippen molar-refractivity contribution in [3.05, 3.63) is 0 Å². The number of unbranched alkanes of at least 4 members (excludes halogenated alkanes) is 27. The van der Waals surface area contributed by atoms with Crippen molar-refractivity contribution in [1.29, 1.82) is 0 Å². The highest BCUT2D eigenvalue weighted by molar-refractivity contribution is 5.69. The molecule has 292 valence electrons. The van der Waals surface area contributed by atoms with Crippen molar-refractivity contribution in [2.75, 3.05) is 13.2 Å². The zero-order valence-corrected chi connectivity index (χ0v) is 34.0. The number of hydrogen-bond donors (Lipinski definition) is 0. The van der Waals surface area contributed by atoms with Gasteiger partial charge in [0.05, 0.1) is 13.2 Å². The average molecular weight is 693 g/mol. The lowest BCUT2D eigenvalue weighted by Gasteiger charge is -2.28. The number of carbonyl (C=O) groups is 2. The van der Waals surface area contributed by atoms with Gasteiger partial charge in [0, 0.05) is 12.8 Å². The van der Waals surface area contributed by atoms with Gasteiger partial charge >= 0.3 is 11.9 Å². The van der Waals surface area contributed by atoms with Gasteiger partial charge in [-0.1, -0.05) is 207 Å². The van der Waals surface area contributed by atoms with E-state index in [4.69, 9.17) is 9.47 Å². The summed E-state index contributed by atoms with van der Waals surface area (Å²) in [6.45, 7) is 10.6. The van der Waals surface area contributed by atoms with Gasteiger partial charge in [-0.2, -0.15) is 0 Å². The van der Waals surface area contributed by atoms with E-state index >= 15 is 0 Å². The van der Waals surface area contributed by atoms with Crippen molar-refractivity contribution in [3.8, 4) is 0 Å². The van der Waals surface area contributed by atoms with Crippen molar-refractivity contribution in [3.63, 3.8) is 0 Å². The molecule has 1 atom stereocenters. The number of rotatable bonds is 40. The third kappa shape index (κ3) is 36.5. The molecule has 0 aromatic heterocycles. The van der Waals surface area contributed by atoms with Crippen LogP contribution in [0.1, 0.15) is 259 Å². The van der Waals surface area contributed by atoms with E-state index in [0.29, 0.717) is 31.5 Å². The minimum atomic E-state index is 0.00492. The normalized spacial score (nSPS) is 12.7. The Bertz CT molecular complexity index is 692. The van der Waals surface area contributed by atoms with Crippen molar-refractivity contribution < 1.29 is 19.1 Å². The van der Waals surface area contributed by atoms with Gasteiger partial charge in [0.15, 0.2) is 0 Å². The molecule has 0 bridgehead atoms. The molecule has 0 amide bonds. The minimum Gasteiger partial charge on any atom is -0.466 e. The molecule has 0 aliphatic rings. The average Bonchev–Trinajstić information content (AvgIpc) is 3.10. The van der Waals surface area contributed by atoms with Crippen LogP contribution in [0.15, 0.2) is 0 Å². The number of esters is 2. The summed E-state index contributed by atoms with van der Waals surface area (Å²) in [7, 11) is 0. The summed E-state index contributed by atoms with van der Waals surface area (Å²) in [5.41, 5.74) is 0.449. The van der Waals surface area contributed by atoms with E-state index < -0.39 is 0 Å². The second-order valence-electron chi connectivity index (χ2n) is 15.9. The molecule has 0 rings (SSSR count). The van der Waals surface area contributed by atoms with Crippen LogP contribution in [0.25, 0.3) is 0 Å². The molecular weight excluding hydrogens is 604 g/mol. The Morgan fingerprint density at radius 3 is 0.939 bits per heavy atom. The highest BCUT2D eigenvalue weighted by Gasteiger charge is 2.20. The van der Waals surface area contributed by atoms with Crippen molar-refractivity contribution in [2.24, 2.45) is 5.41 Å². The van der Waals surface area contributed by atoms with Crippen molar-refractivity contribution >= 4 is 11.9 Å². The summed E-state index contributed by atoms with van der Waals surface area (Å²) in [6.07, 6.45) is 44.5. The van der Waals surface area contributed by atoms with Crippen LogP contribution in [0.3, 0.4) is 0 Å². The van der Waals surface area contributed by atoms with E-state index in [9.17, 15) is 9.59 Å². The second kappa shape index (κ2) is 38.2. The zero-order valence-electron chi connectivity index (χ0n) is 34.0. The smallest absolute Gasteiger partial charge is 0.305 e. The van der Waals surface area contributed by atoms with Gasteiger partial charge in [-0.3, -0.25) is 9.59 Å². The minimum absolute atomic E-state index is 0.00492. The SMILES string of the molecule is CCCCCCCCCCCCCC(=O)OCCCCCCCC(C)(CC)CCCCCCOC(=O)CCCCCCCCCCCCC.